The Labute approximate surface area is 208 Å². The molecular weight excluding hydrogens is 469 g/mol. The van der Waals surface area contributed by atoms with E-state index in [0.717, 1.165) is 31.6 Å². The molecule has 182 valence electrons. The zero-order chi connectivity index (χ0) is 24.5. The van der Waals surface area contributed by atoms with Crippen LogP contribution in [0.2, 0.25) is 5.02 Å². The van der Waals surface area contributed by atoms with Crippen molar-refractivity contribution in [2.75, 3.05) is 32.7 Å². The number of rotatable bonds is 7. The summed E-state index contributed by atoms with van der Waals surface area (Å²) in [5.41, 5.74) is 7.03. The maximum atomic E-state index is 14.2. The SMILES string of the molecule is NC(=O)c1ccoc1[C@@H](CCN1CC2CN(C(=O)c3c(F)cccc3Cl)CC2C1)c1ccccc1. The van der Waals surface area contributed by atoms with Crippen LogP contribution in [-0.4, -0.2) is 54.3 Å². The lowest BCUT2D eigenvalue weighted by Crippen LogP contribution is -2.34. The van der Waals surface area contributed by atoms with Crippen LogP contribution in [0.15, 0.2) is 65.3 Å². The third-order valence-corrected chi connectivity index (χ3v) is 7.55. The minimum atomic E-state index is -0.582. The van der Waals surface area contributed by atoms with Crippen molar-refractivity contribution in [3.63, 3.8) is 0 Å². The summed E-state index contributed by atoms with van der Waals surface area (Å²) in [4.78, 5) is 29.0. The highest BCUT2D eigenvalue weighted by Crippen LogP contribution is 2.36. The van der Waals surface area contributed by atoms with Crippen molar-refractivity contribution < 1.29 is 18.4 Å². The van der Waals surface area contributed by atoms with Crippen LogP contribution in [0.5, 0.6) is 0 Å². The maximum absolute atomic E-state index is 14.2. The third kappa shape index (κ3) is 4.70. The van der Waals surface area contributed by atoms with Gasteiger partial charge in [-0.2, -0.15) is 0 Å². The number of halogens is 2. The normalized spacial score (nSPS) is 20.7. The van der Waals surface area contributed by atoms with Gasteiger partial charge in [-0.25, -0.2) is 4.39 Å². The molecule has 2 unspecified atom stereocenters. The van der Waals surface area contributed by atoms with Crippen LogP contribution in [-0.2, 0) is 0 Å². The van der Waals surface area contributed by atoms with E-state index < -0.39 is 11.7 Å². The van der Waals surface area contributed by atoms with Gasteiger partial charge >= 0.3 is 0 Å². The Morgan fingerprint density at radius 1 is 1.03 bits per heavy atom. The van der Waals surface area contributed by atoms with Crippen LogP contribution in [0, 0.1) is 17.7 Å². The van der Waals surface area contributed by atoms with Crippen molar-refractivity contribution in [2.45, 2.75) is 12.3 Å². The number of carbonyl (C=O) groups is 2. The van der Waals surface area contributed by atoms with E-state index in [0.29, 0.717) is 36.2 Å². The lowest BCUT2D eigenvalue weighted by atomic mass is 9.91. The van der Waals surface area contributed by atoms with Crippen LogP contribution in [0.1, 0.15) is 44.4 Å². The molecule has 0 saturated carbocycles. The predicted octanol–water partition coefficient (Wildman–Crippen LogP) is 4.40. The molecule has 5 rings (SSSR count). The van der Waals surface area contributed by atoms with E-state index in [9.17, 15) is 14.0 Å². The smallest absolute Gasteiger partial charge is 0.258 e. The second-order valence-electron chi connectivity index (χ2n) is 9.40. The monoisotopic (exact) mass is 495 g/mol. The number of hydrogen-bond acceptors (Lipinski definition) is 4. The number of amides is 2. The number of hydrogen-bond donors (Lipinski definition) is 1. The molecule has 0 spiro atoms. The minimum Gasteiger partial charge on any atom is -0.468 e. The Hall–Kier alpha value is -3.16. The molecule has 2 aliphatic heterocycles. The largest absolute Gasteiger partial charge is 0.468 e. The lowest BCUT2D eigenvalue weighted by Gasteiger charge is -2.24. The molecule has 1 aromatic heterocycles. The van der Waals surface area contributed by atoms with E-state index in [1.807, 2.05) is 30.3 Å². The number of likely N-dealkylation sites (tertiary alicyclic amines) is 2. The second-order valence-corrected chi connectivity index (χ2v) is 9.81. The Bertz CT molecular complexity index is 1200. The van der Waals surface area contributed by atoms with Crippen LogP contribution in [0.4, 0.5) is 4.39 Å². The summed E-state index contributed by atoms with van der Waals surface area (Å²) in [6.45, 7) is 3.73. The van der Waals surface area contributed by atoms with E-state index in [1.54, 1.807) is 17.0 Å². The quantitative estimate of drug-likeness (QED) is 0.527. The average Bonchev–Trinajstić information content (AvgIpc) is 3.55. The van der Waals surface area contributed by atoms with E-state index in [2.05, 4.69) is 4.90 Å². The number of benzene rings is 2. The fourth-order valence-corrected chi connectivity index (χ4v) is 5.78. The van der Waals surface area contributed by atoms with Gasteiger partial charge < -0.3 is 20.0 Å². The minimum absolute atomic E-state index is 0.0413. The molecular formula is C27H27ClFN3O3. The number of fused-ring (bicyclic) bond motifs is 1. The van der Waals surface area contributed by atoms with Crippen molar-refractivity contribution in [2.24, 2.45) is 17.6 Å². The van der Waals surface area contributed by atoms with E-state index in [4.69, 9.17) is 21.8 Å². The van der Waals surface area contributed by atoms with E-state index >= 15 is 0 Å². The van der Waals surface area contributed by atoms with Gasteiger partial charge in [0.2, 0.25) is 0 Å². The molecule has 2 saturated heterocycles. The highest BCUT2D eigenvalue weighted by atomic mass is 35.5. The fourth-order valence-electron chi connectivity index (χ4n) is 5.54. The first-order chi connectivity index (χ1) is 16.9. The van der Waals surface area contributed by atoms with Gasteiger partial charge in [0, 0.05) is 32.1 Å². The molecule has 0 aliphatic carbocycles. The molecule has 0 radical (unpaired) electrons. The molecule has 2 fully saturated rings. The molecule has 2 aromatic carbocycles. The second kappa shape index (κ2) is 9.84. The highest BCUT2D eigenvalue weighted by Gasteiger charge is 2.42. The van der Waals surface area contributed by atoms with Crippen LogP contribution < -0.4 is 5.73 Å². The maximum Gasteiger partial charge on any atom is 0.258 e. The van der Waals surface area contributed by atoms with Gasteiger partial charge in [-0.15, -0.1) is 0 Å². The van der Waals surface area contributed by atoms with Crippen molar-refractivity contribution in [3.8, 4) is 0 Å². The standard InChI is InChI=1S/C27H27ClFN3O3/c28-22-7-4-8-23(29)24(22)27(34)32-15-18-13-31(14-19(18)16-32)11-9-20(17-5-2-1-3-6-17)25-21(26(30)33)10-12-35-25/h1-8,10,12,18-20H,9,11,13-16H2,(H2,30,33)/t18?,19?,20-/m0/s1. The summed E-state index contributed by atoms with van der Waals surface area (Å²) >= 11 is 6.11. The van der Waals surface area contributed by atoms with Gasteiger partial charge in [0.15, 0.2) is 0 Å². The van der Waals surface area contributed by atoms with Gasteiger partial charge in [-0.1, -0.05) is 48.0 Å². The van der Waals surface area contributed by atoms with Crippen LogP contribution in [0.25, 0.3) is 0 Å². The Morgan fingerprint density at radius 3 is 2.40 bits per heavy atom. The fraction of sp³-hybridized carbons (Fsp3) is 0.333. The summed E-state index contributed by atoms with van der Waals surface area (Å²) in [6.07, 6.45) is 2.28. The van der Waals surface area contributed by atoms with E-state index in [-0.39, 0.29) is 22.4 Å². The number of nitrogens with zero attached hydrogens (tertiary/aromatic N) is 2. The summed E-state index contributed by atoms with van der Waals surface area (Å²) in [6, 6.07) is 15.9. The molecule has 3 atom stereocenters. The Balaban J connectivity index is 1.24. The van der Waals surface area contributed by atoms with Gasteiger partial charge in [0.25, 0.3) is 11.8 Å². The van der Waals surface area contributed by atoms with Crippen molar-refractivity contribution >= 4 is 23.4 Å². The van der Waals surface area contributed by atoms with Crippen LogP contribution >= 0.6 is 11.6 Å². The first-order valence-corrected chi connectivity index (χ1v) is 12.2. The number of carbonyl (C=O) groups excluding carboxylic acids is 2. The topological polar surface area (TPSA) is 79.8 Å². The Morgan fingerprint density at radius 2 is 1.74 bits per heavy atom. The lowest BCUT2D eigenvalue weighted by molar-refractivity contribution is 0.0769. The first-order valence-electron chi connectivity index (χ1n) is 11.8. The molecule has 2 amide bonds. The molecule has 6 nitrogen and oxygen atoms in total. The zero-order valence-electron chi connectivity index (χ0n) is 19.2. The molecule has 35 heavy (non-hydrogen) atoms. The summed E-state index contributed by atoms with van der Waals surface area (Å²) in [5.74, 6) is -0.229. The van der Waals surface area contributed by atoms with Gasteiger partial charge in [-0.3, -0.25) is 9.59 Å². The van der Waals surface area contributed by atoms with Gasteiger partial charge in [-0.05, 0) is 48.6 Å². The molecule has 3 heterocycles. The summed E-state index contributed by atoms with van der Waals surface area (Å²) in [5, 5.41) is 0.147. The van der Waals surface area contributed by atoms with Crippen molar-refractivity contribution in [1.82, 2.24) is 9.80 Å². The molecule has 0 bridgehead atoms. The zero-order valence-corrected chi connectivity index (χ0v) is 20.0. The number of furan rings is 1. The summed E-state index contributed by atoms with van der Waals surface area (Å²) < 4.78 is 20.0. The third-order valence-electron chi connectivity index (χ3n) is 7.24. The molecule has 8 heteroatoms. The van der Waals surface area contributed by atoms with E-state index in [1.165, 1.54) is 18.4 Å². The number of nitrogens with two attached hydrogens (primary N) is 1. The van der Waals surface area contributed by atoms with Crippen molar-refractivity contribution in [1.29, 1.82) is 0 Å². The molecule has 3 aromatic rings. The predicted molar refractivity (Wildman–Crippen MR) is 131 cm³/mol. The average molecular weight is 496 g/mol. The van der Waals surface area contributed by atoms with Gasteiger partial charge in [0.1, 0.15) is 11.6 Å². The summed E-state index contributed by atoms with van der Waals surface area (Å²) in [7, 11) is 0. The molecule has 2 N–H and O–H groups in total. The van der Waals surface area contributed by atoms with Crippen LogP contribution in [0.3, 0.4) is 0 Å². The highest BCUT2D eigenvalue weighted by molar-refractivity contribution is 6.33. The van der Waals surface area contributed by atoms with Crippen molar-refractivity contribution in [3.05, 3.63) is 94.2 Å². The molecule has 2 aliphatic rings. The number of primary amides is 1. The Kier molecular flexibility index (Phi) is 6.62. The van der Waals surface area contributed by atoms with Gasteiger partial charge in [0.05, 0.1) is 22.4 Å². The first kappa shape index (κ1) is 23.6.